The van der Waals surface area contributed by atoms with E-state index in [1.165, 1.54) is 5.57 Å². The van der Waals surface area contributed by atoms with E-state index in [0.717, 1.165) is 54.7 Å². The van der Waals surface area contributed by atoms with Crippen LogP contribution in [0.4, 0.5) is 0 Å². The Morgan fingerprint density at radius 3 is 2.81 bits per heavy atom. The summed E-state index contributed by atoms with van der Waals surface area (Å²) in [6.07, 6.45) is 11.9. The summed E-state index contributed by atoms with van der Waals surface area (Å²) >= 11 is 1.72. The molecular formula is C19H28N6OS. The van der Waals surface area contributed by atoms with Gasteiger partial charge in [-0.05, 0) is 37.5 Å². The molecule has 27 heavy (non-hydrogen) atoms. The highest BCUT2D eigenvalue weighted by molar-refractivity contribution is 7.99. The molecule has 0 bridgehead atoms. The van der Waals surface area contributed by atoms with Gasteiger partial charge in [-0.2, -0.15) is 0 Å². The number of aromatic nitrogens is 2. The van der Waals surface area contributed by atoms with Gasteiger partial charge in [-0.15, -0.1) is 0 Å². The molecule has 146 valence electrons. The predicted octanol–water partition coefficient (Wildman–Crippen LogP) is 2.79. The molecule has 0 amide bonds. The van der Waals surface area contributed by atoms with Gasteiger partial charge >= 0.3 is 0 Å². The fourth-order valence-corrected chi connectivity index (χ4v) is 4.07. The predicted molar refractivity (Wildman–Crippen MR) is 109 cm³/mol. The largest absolute Gasteiger partial charge is 0.385 e. The van der Waals surface area contributed by atoms with Crippen molar-refractivity contribution in [2.75, 3.05) is 26.0 Å². The zero-order valence-corrected chi connectivity index (χ0v) is 16.9. The first-order valence-corrected chi connectivity index (χ1v) is 10.4. The highest BCUT2D eigenvalue weighted by Gasteiger charge is 2.34. The fourth-order valence-electron chi connectivity index (χ4n) is 3.27. The molecule has 0 spiro atoms. The molecule has 3 heterocycles. The van der Waals surface area contributed by atoms with Crippen molar-refractivity contribution in [3.63, 3.8) is 0 Å². The summed E-state index contributed by atoms with van der Waals surface area (Å²) in [5, 5.41) is 2.48. The van der Waals surface area contributed by atoms with Crippen LogP contribution in [0.1, 0.15) is 32.6 Å². The Kier molecular flexibility index (Phi) is 7.25. The smallest absolute Gasteiger partial charge is 0.187 e. The number of hydrogen-bond donors (Lipinski definition) is 1. The molecule has 2 aliphatic rings. The Hall–Kier alpha value is -1.90. The van der Waals surface area contributed by atoms with Crippen LogP contribution in [0.15, 0.2) is 52.2 Å². The molecule has 1 atom stereocenters. The SMILES string of the molecule is COCCC1N=C2C(=C(C)C=CN2N)N1CCCCCSc1ncccn1. The van der Waals surface area contributed by atoms with Crippen molar-refractivity contribution in [1.82, 2.24) is 19.9 Å². The fraction of sp³-hybridized carbons (Fsp3) is 0.526. The zero-order valence-electron chi connectivity index (χ0n) is 16.0. The summed E-state index contributed by atoms with van der Waals surface area (Å²) in [5.74, 6) is 8.00. The third kappa shape index (κ3) is 5.09. The number of hydrogen-bond acceptors (Lipinski definition) is 8. The lowest BCUT2D eigenvalue weighted by Crippen LogP contribution is -2.39. The summed E-state index contributed by atoms with van der Waals surface area (Å²) < 4.78 is 5.27. The number of ether oxygens (including phenoxy) is 1. The van der Waals surface area contributed by atoms with Crippen molar-refractivity contribution in [3.8, 4) is 0 Å². The molecule has 0 radical (unpaired) electrons. The van der Waals surface area contributed by atoms with E-state index in [0.29, 0.717) is 6.61 Å². The quantitative estimate of drug-likeness (QED) is 0.286. The van der Waals surface area contributed by atoms with Crippen molar-refractivity contribution in [3.05, 3.63) is 42.0 Å². The van der Waals surface area contributed by atoms with Gasteiger partial charge in [0.05, 0.1) is 12.3 Å². The molecule has 0 saturated heterocycles. The second-order valence-corrected chi connectivity index (χ2v) is 7.67. The van der Waals surface area contributed by atoms with E-state index in [1.807, 2.05) is 12.3 Å². The van der Waals surface area contributed by atoms with E-state index < -0.39 is 0 Å². The van der Waals surface area contributed by atoms with Crippen molar-refractivity contribution in [2.45, 2.75) is 43.9 Å². The number of hydrazine groups is 1. The molecule has 7 nitrogen and oxygen atoms in total. The first kappa shape index (κ1) is 19.9. The normalized spacial score (nSPS) is 18.9. The molecule has 8 heteroatoms. The van der Waals surface area contributed by atoms with Gasteiger partial charge in [-0.3, -0.25) is 5.01 Å². The average Bonchev–Trinajstić information content (AvgIpc) is 3.06. The zero-order chi connectivity index (χ0) is 19.1. The molecular weight excluding hydrogens is 360 g/mol. The molecule has 1 aromatic heterocycles. The summed E-state index contributed by atoms with van der Waals surface area (Å²) in [6.45, 7) is 3.79. The van der Waals surface area contributed by atoms with Crippen LogP contribution in [0, 0.1) is 0 Å². The van der Waals surface area contributed by atoms with Crippen LogP contribution in [0.2, 0.25) is 0 Å². The lowest BCUT2D eigenvalue weighted by molar-refractivity contribution is 0.159. The van der Waals surface area contributed by atoms with Crippen molar-refractivity contribution >= 4 is 17.6 Å². The van der Waals surface area contributed by atoms with Gasteiger partial charge in [0.2, 0.25) is 0 Å². The van der Waals surface area contributed by atoms with E-state index in [4.69, 9.17) is 15.6 Å². The number of fused-ring (bicyclic) bond motifs is 1. The monoisotopic (exact) mass is 388 g/mol. The summed E-state index contributed by atoms with van der Waals surface area (Å²) in [6, 6.07) is 1.84. The minimum atomic E-state index is 0.0999. The number of amidine groups is 1. The number of rotatable bonds is 10. The second kappa shape index (κ2) is 9.87. The second-order valence-electron chi connectivity index (χ2n) is 6.60. The van der Waals surface area contributed by atoms with Gasteiger partial charge in [0, 0.05) is 44.4 Å². The minimum absolute atomic E-state index is 0.0999. The van der Waals surface area contributed by atoms with Gasteiger partial charge in [-0.25, -0.2) is 20.8 Å². The van der Waals surface area contributed by atoms with Crippen molar-refractivity contribution in [2.24, 2.45) is 10.8 Å². The number of thioether (sulfide) groups is 1. The third-order valence-corrected chi connectivity index (χ3v) is 5.59. The Bertz CT molecular complexity index is 705. The summed E-state index contributed by atoms with van der Waals surface area (Å²) in [4.78, 5) is 15.7. The lowest BCUT2D eigenvalue weighted by Gasteiger charge is -2.30. The first-order chi connectivity index (χ1) is 13.2. The maximum Gasteiger partial charge on any atom is 0.187 e. The van der Waals surface area contributed by atoms with E-state index >= 15 is 0 Å². The van der Waals surface area contributed by atoms with E-state index in [1.54, 1.807) is 36.3 Å². The van der Waals surface area contributed by atoms with Crippen molar-refractivity contribution in [1.29, 1.82) is 0 Å². The van der Waals surface area contributed by atoms with Crippen LogP contribution in [-0.2, 0) is 4.74 Å². The molecule has 2 aliphatic heterocycles. The van der Waals surface area contributed by atoms with Crippen LogP contribution >= 0.6 is 11.8 Å². The number of aliphatic imine (C=N–C) groups is 1. The lowest BCUT2D eigenvalue weighted by atomic mass is 10.1. The molecule has 0 aromatic carbocycles. The Labute approximate surface area is 165 Å². The average molecular weight is 389 g/mol. The maximum absolute atomic E-state index is 6.09. The van der Waals surface area contributed by atoms with Gasteiger partial charge in [-0.1, -0.05) is 18.2 Å². The molecule has 3 rings (SSSR count). The summed E-state index contributed by atoms with van der Waals surface area (Å²) in [5.41, 5.74) is 2.38. The van der Waals surface area contributed by atoms with Gasteiger partial charge in [0.15, 0.2) is 11.0 Å². The Morgan fingerprint density at radius 2 is 2.04 bits per heavy atom. The Morgan fingerprint density at radius 1 is 1.22 bits per heavy atom. The van der Waals surface area contributed by atoms with Crippen LogP contribution < -0.4 is 5.84 Å². The Balaban J connectivity index is 1.50. The highest BCUT2D eigenvalue weighted by Crippen LogP contribution is 2.30. The number of unbranched alkanes of at least 4 members (excludes halogenated alkanes) is 2. The molecule has 0 saturated carbocycles. The number of methoxy groups -OCH3 is 1. The molecule has 1 unspecified atom stereocenters. The number of allylic oxidation sites excluding steroid dienone is 2. The maximum atomic E-state index is 6.09. The first-order valence-electron chi connectivity index (χ1n) is 9.37. The highest BCUT2D eigenvalue weighted by atomic mass is 32.2. The number of nitrogens with zero attached hydrogens (tertiary/aromatic N) is 5. The van der Waals surface area contributed by atoms with E-state index in [2.05, 4.69) is 27.9 Å². The van der Waals surface area contributed by atoms with E-state index in [9.17, 15) is 0 Å². The molecule has 0 aliphatic carbocycles. The van der Waals surface area contributed by atoms with Gasteiger partial charge in [0.1, 0.15) is 6.17 Å². The standard InChI is InChI=1S/C19H28N6OS/c1-15-7-12-25(20)18-17(15)24(16(23-18)8-13-26-2)11-4-3-5-14-27-19-21-9-6-10-22-19/h6-7,9-10,12,16H,3-5,8,11,13-14,20H2,1-2H3. The van der Waals surface area contributed by atoms with Crippen molar-refractivity contribution < 1.29 is 4.74 Å². The minimum Gasteiger partial charge on any atom is -0.385 e. The summed E-state index contributed by atoms with van der Waals surface area (Å²) in [7, 11) is 1.73. The number of nitrogens with two attached hydrogens (primary N) is 1. The molecule has 1 aromatic rings. The molecule has 0 fully saturated rings. The van der Waals surface area contributed by atoms with E-state index in [-0.39, 0.29) is 6.17 Å². The van der Waals surface area contributed by atoms with Gasteiger partial charge in [0.25, 0.3) is 0 Å². The molecule has 2 N–H and O–H groups in total. The topological polar surface area (TPSA) is 79.9 Å². The van der Waals surface area contributed by atoms with Crippen LogP contribution in [-0.4, -0.2) is 57.9 Å². The van der Waals surface area contributed by atoms with Crippen LogP contribution in [0.25, 0.3) is 0 Å². The van der Waals surface area contributed by atoms with Gasteiger partial charge < -0.3 is 9.64 Å². The van der Waals surface area contributed by atoms with Crippen LogP contribution in [0.5, 0.6) is 0 Å². The van der Waals surface area contributed by atoms with Crippen LogP contribution in [0.3, 0.4) is 0 Å². The third-order valence-electron chi connectivity index (χ3n) is 4.63.